The van der Waals surface area contributed by atoms with Gasteiger partial charge in [-0.2, -0.15) is 0 Å². The molecule has 1 N–H and O–H groups in total. The maximum absolute atomic E-state index is 12.8. The van der Waals surface area contributed by atoms with Crippen LogP contribution in [0, 0.1) is 11.8 Å². The molecule has 0 bridgehead atoms. The molecule has 3 unspecified atom stereocenters. The largest absolute Gasteiger partial charge is 0.493 e. The van der Waals surface area contributed by atoms with Crippen molar-refractivity contribution in [2.75, 3.05) is 19.8 Å². The molecule has 132 valence electrons. The van der Waals surface area contributed by atoms with Crippen molar-refractivity contribution in [3.63, 3.8) is 0 Å². The highest BCUT2D eigenvalue weighted by Crippen LogP contribution is 2.55. The predicted octanol–water partition coefficient (Wildman–Crippen LogP) is 0.646. The summed E-state index contributed by atoms with van der Waals surface area (Å²) in [6.45, 7) is 3.80. The van der Waals surface area contributed by atoms with Gasteiger partial charge in [-0.3, -0.25) is 14.4 Å². The maximum atomic E-state index is 12.8. The summed E-state index contributed by atoms with van der Waals surface area (Å²) in [7, 11) is 0. The fourth-order valence-electron chi connectivity index (χ4n) is 4.55. The first-order valence-corrected chi connectivity index (χ1v) is 8.49. The van der Waals surface area contributed by atoms with Gasteiger partial charge in [0.05, 0.1) is 31.7 Å². The number of amides is 2. The van der Waals surface area contributed by atoms with Crippen LogP contribution in [0.2, 0.25) is 0 Å². The monoisotopic (exact) mass is 344 g/mol. The molecule has 25 heavy (non-hydrogen) atoms. The number of esters is 1. The predicted molar refractivity (Wildman–Crippen MR) is 86.6 cm³/mol. The van der Waals surface area contributed by atoms with Gasteiger partial charge in [0.2, 0.25) is 11.8 Å². The topological polar surface area (TPSA) is 84.9 Å². The smallest absolute Gasteiger partial charge is 0.312 e. The van der Waals surface area contributed by atoms with E-state index < -0.39 is 17.4 Å². The van der Waals surface area contributed by atoms with Gasteiger partial charge < -0.3 is 19.7 Å². The molecular formula is C18H20N2O5. The van der Waals surface area contributed by atoms with Gasteiger partial charge in [0.25, 0.3) is 0 Å². The first kappa shape index (κ1) is 15.9. The molecule has 3 heterocycles. The van der Waals surface area contributed by atoms with Crippen LogP contribution in [0.3, 0.4) is 0 Å². The van der Waals surface area contributed by atoms with Gasteiger partial charge >= 0.3 is 5.97 Å². The molecule has 4 rings (SSSR count). The summed E-state index contributed by atoms with van der Waals surface area (Å²) in [5, 5.41) is 2.63. The lowest BCUT2D eigenvalue weighted by atomic mass is 9.77. The number of nitrogens with one attached hydrogen (secondary N) is 1. The van der Waals surface area contributed by atoms with E-state index in [1.807, 2.05) is 24.3 Å². The van der Waals surface area contributed by atoms with Crippen molar-refractivity contribution in [1.82, 2.24) is 10.2 Å². The average Bonchev–Trinajstić information content (AvgIpc) is 2.89. The Hall–Kier alpha value is -2.57. The minimum absolute atomic E-state index is 0.0593. The molecule has 4 atom stereocenters. The highest BCUT2D eigenvalue weighted by molar-refractivity contribution is 6.02. The summed E-state index contributed by atoms with van der Waals surface area (Å²) in [4.78, 5) is 39.8. The Morgan fingerprint density at radius 2 is 2.16 bits per heavy atom. The summed E-state index contributed by atoms with van der Waals surface area (Å²) >= 11 is 0. The number of para-hydroxylation sites is 1. The van der Waals surface area contributed by atoms with Gasteiger partial charge in [0.15, 0.2) is 0 Å². The lowest BCUT2D eigenvalue weighted by Crippen LogP contribution is -2.66. The van der Waals surface area contributed by atoms with Crippen LogP contribution in [0.1, 0.15) is 25.5 Å². The molecule has 0 aliphatic carbocycles. The minimum atomic E-state index is -1.28. The Morgan fingerprint density at radius 1 is 1.40 bits per heavy atom. The number of hydrogen-bond acceptors (Lipinski definition) is 5. The van der Waals surface area contributed by atoms with E-state index in [1.54, 1.807) is 18.7 Å². The minimum Gasteiger partial charge on any atom is -0.493 e. The van der Waals surface area contributed by atoms with Crippen molar-refractivity contribution in [2.45, 2.75) is 25.4 Å². The Labute approximate surface area is 145 Å². The van der Waals surface area contributed by atoms with Crippen LogP contribution in [-0.4, -0.2) is 48.0 Å². The zero-order valence-corrected chi connectivity index (χ0v) is 14.2. The normalized spacial score (nSPS) is 32.9. The summed E-state index contributed by atoms with van der Waals surface area (Å²) in [6.07, 6.45) is 0. The average molecular weight is 344 g/mol. The number of benzene rings is 1. The molecule has 1 aromatic carbocycles. The molecule has 1 aromatic rings. The lowest BCUT2D eigenvalue weighted by Gasteiger charge is -2.42. The van der Waals surface area contributed by atoms with Crippen LogP contribution in [0.15, 0.2) is 24.3 Å². The Balaban J connectivity index is 1.89. The third kappa shape index (κ3) is 2.01. The highest BCUT2D eigenvalue weighted by Gasteiger charge is 2.67. The number of rotatable bonds is 2. The van der Waals surface area contributed by atoms with Gasteiger partial charge in [-0.15, -0.1) is 0 Å². The third-order valence-electron chi connectivity index (χ3n) is 5.56. The van der Waals surface area contributed by atoms with Gasteiger partial charge in [-0.05, 0) is 19.9 Å². The molecule has 7 nitrogen and oxygen atoms in total. The summed E-state index contributed by atoms with van der Waals surface area (Å²) < 4.78 is 11.1. The zero-order chi connectivity index (χ0) is 17.8. The first-order valence-electron chi connectivity index (χ1n) is 8.49. The molecule has 0 saturated carbocycles. The van der Waals surface area contributed by atoms with Crippen molar-refractivity contribution < 1.29 is 23.9 Å². The van der Waals surface area contributed by atoms with E-state index in [2.05, 4.69) is 5.32 Å². The van der Waals surface area contributed by atoms with Crippen LogP contribution in [0.25, 0.3) is 0 Å². The Morgan fingerprint density at radius 3 is 2.92 bits per heavy atom. The zero-order valence-electron chi connectivity index (χ0n) is 14.2. The molecule has 3 aliphatic rings. The number of fused-ring (bicyclic) bond motifs is 5. The number of carbonyl (C=O) groups is 3. The number of nitrogens with zero attached hydrogens (tertiary/aromatic N) is 1. The number of hydrogen-bond donors (Lipinski definition) is 1. The van der Waals surface area contributed by atoms with E-state index in [0.29, 0.717) is 5.75 Å². The summed E-state index contributed by atoms with van der Waals surface area (Å²) in [5.41, 5.74) is -0.447. The Bertz CT molecular complexity index is 764. The third-order valence-corrected chi connectivity index (χ3v) is 5.56. The van der Waals surface area contributed by atoms with Crippen molar-refractivity contribution in [3.8, 4) is 5.75 Å². The molecule has 2 saturated heterocycles. The van der Waals surface area contributed by atoms with E-state index in [0.717, 1.165) is 5.56 Å². The second-order valence-electron chi connectivity index (χ2n) is 6.78. The van der Waals surface area contributed by atoms with Crippen LogP contribution in [0.4, 0.5) is 0 Å². The summed E-state index contributed by atoms with van der Waals surface area (Å²) in [5.74, 6) is -1.39. The Kier molecular flexibility index (Phi) is 3.49. The molecule has 2 fully saturated rings. The van der Waals surface area contributed by atoms with Crippen LogP contribution >= 0.6 is 0 Å². The SMILES string of the molecule is CCOC(=O)C1C2COc3ccccc3C2N2C(=O)CNC(=O)[C@@]12C. The second-order valence-corrected chi connectivity index (χ2v) is 6.78. The quantitative estimate of drug-likeness (QED) is 0.796. The van der Waals surface area contributed by atoms with E-state index in [-0.39, 0.29) is 43.5 Å². The lowest BCUT2D eigenvalue weighted by molar-refractivity contribution is -0.162. The van der Waals surface area contributed by atoms with Crippen LogP contribution in [0.5, 0.6) is 5.75 Å². The van der Waals surface area contributed by atoms with Gasteiger partial charge in [0.1, 0.15) is 11.3 Å². The number of piperazine rings is 1. The van der Waals surface area contributed by atoms with Crippen molar-refractivity contribution in [3.05, 3.63) is 29.8 Å². The summed E-state index contributed by atoms with van der Waals surface area (Å²) in [6, 6.07) is 7.09. The van der Waals surface area contributed by atoms with Crippen molar-refractivity contribution in [1.29, 1.82) is 0 Å². The van der Waals surface area contributed by atoms with Gasteiger partial charge in [-0.1, -0.05) is 18.2 Å². The van der Waals surface area contributed by atoms with E-state index in [9.17, 15) is 14.4 Å². The molecular weight excluding hydrogens is 324 g/mol. The first-order chi connectivity index (χ1) is 12.0. The molecule has 3 aliphatic heterocycles. The molecule has 0 spiro atoms. The van der Waals surface area contributed by atoms with E-state index >= 15 is 0 Å². The van der Waals surface area contributed by atoms with Gasteiger partial charge in [-0.25, -0.2) is 0 Å². The molecule has 0 radical (unpaired) electrons. The fourth-order valence-corrected chi connectivity index (χ4v) is 4.55. The van der Waals surface area contributed by atoms with Gasteiger partial charge in [0, 0.05) is 11.5 Å². The van der Waals surface area contributed by atoms with Crippen molar-refractivity contribution in [2.24, 2.45) is 11.8 Å². The van der Waals surface area contributed by atoms with Crippen LogP contribution in [-0.2, 0) is 19.1 Å². The van der Waals surface area contributed by atoms with E-state index in [1.165, 1.54) is 0 Å². The van der Waals surface area contributed by atoms with Crippen molar-refractivity contribution >= 4 is 17.8 Å². The maximum Gasteiger partial charge on any atom is 0.312 e. The fraction of sp³-hybridized carbons (Fsp3) is 0.500. The number of ether oxygens (including phenoxy) is 2. The molecule has 2 amide bonds. The molecule has 0 aromatic heterocycles. The van der Waals surface area contributed by atoms with Crippen LogP contribution < -0.4 is 10.1 Å². The molecule has 7 heteroatoms. The second kappa shape index (κ2) is 5.47. The standard InChI is InChI=1S/C18H20N2O5/c1-3-24-16(22)14-11-9-25-12-7-5-4-6-10(12)15(11)20-13(21)8-19-17(23)18(14,20)2/h4-7,11,14-15H,3,8-9H2,1-2H3,(H,19,23)/t11?,14?,15?,18-/m1/s1. The van der Waals surface area contributed by atoms with E-state index in [4.69, 9.17) is 9.47 Å². The number of carbonyl (C=O) groups excluding carboxylic acids is 3. The highest BCUT2D eigenvalue weighted by atomic mass is 16.5.